The summed E-state index contributed by atoms with van der Waals surface area (Å²) in [6.07, 6.45) is 0.688. The van der Waals surface area contributed by atoms with Gasteiger partial charge in [-0.15, -0.1) is 0 Å². The number of hydrogen-bond donors (Lipinski definition) is 1. The van der Waals surface area contributed by atoms with E-state index in [0.29, 0.717) is 11.3 Å². The summed E-state index contributed by atoms with van der Waals surface area (Å²) in [4.78, 5) is 29.0. The van der Waals surface area contributed by atoms with Crippen LogP contribution in [0, 0.1) is 5.92 Å². The van der Waals surface area contributed by atoms with Gasteiger partial charge in [-0.2, -0.15) is 5.10 Å². The number of alkyl halides is 2. The first kappa shape index (κ1) is 23.9. The number of esters is 1. The second kappa shape index (κ2) is 9.92. The molecule has 1 N–H and O–H groups in total. The van der Waals surface area contributed by atoms with Crippen LogP contribution in [0.15, 0.2) is 42.6 Å². The third kappa shape index (κ3) is 5.44. The lowest BCUT2D eigenvalue weighted by Gasteiger charge is -2.33. The van der Waals surface area contributed by atoms with Crippen LogP contribution in [0.25, 0.3) is 5.65 Å². The number of fused-ring (bicyclic) bond motifs is 1. The van der Waals surface area contributed by atoms with Gasteiger partial charge in [-0.25, -0.2) is 27.9 Å². The first-order chi connectivity index (χ1) is 16.3. The molecule has 3 aromatic rings. The van der Waals surface area contributed by atoms with E-state index in [1.165, 1.54) is 23.9 Å². The molecule has 11 heteroatoms. The van der Waals surface area contributed by atoms with Gasteiger partial charge in [0.05, 0.1) is 30.1 Å². The van der Waals surface area contributed by atoms with Crippen molar-refractivity contribution in [3.63, 3.8) is 0 Å². The molecule has 1 atom stereocenters. The Morgan fingerprint density at radius 3 is 2.65 bits per heavy atom. The highest BCUT2D eigenvalue weighted by atomic mass is 35.5. The standard InChI is InChI=1S/C23H23ClF2N4O4/c1-33-21(31)20-16(24)11-18-27-17(12-30(18)29-20)19(15-7-9-23(25,26)10-8-15)28-22(32)34-13-14-5-3-2-4-6-14/h2-6,11-12,15,19H,7-10,13H2,1H3,(H,28,32)/t19-/m0/s1. The van der Waals surface area contributed by atoms with Crippen LogP contribution in [-0.4, -0.2) is 39.7 Å². The molecule has 0 bridgehead atoms. The molecule has 1 aromatic carbocycles. The van der Waals surface area contributed by atoms with Gasteiger partial charge in [0.1, 0.15) is 6.61 Å². The molecule has 1 saturated carbocycles. The molecule has 1 aliphatic carbocycles. The fraction of sp³-hybridized carbons (Fsp3) is 0.391. The zero-order chi connectivity index (χ0) is 24.3. The number of benzene rings is 1. The van der Waals surface area contributed by atoms with Crippen LogP contribution in [0.1, 0.15) is 53.5 Å². The third-order valence-corrected chi connectivity index (χ3v) is 6.13. The second-order valence-electron chi connectivity index (χ2n) is 8.18. The highest BCUT2D eigenvalue weighted by molar-refractivity contribution is 6.33. The molecule has 4 rings (SSSR count). The van der Waals surface area contributed by atoms with E-state index in [0.717, 1.165) is 5.56 Å². The summed E-state index contributed by atoms with van der Waals surface area (Å²) >= 11 is 6.14. The number of methoxy groups -OCH3 is 1. The lowest BCUT2D eigenvalue weighted by molar-refractivity contribution is -0.0497. The largest absolute Gasteiger partial charge is 0.464 e. The van der Waals surface area contributed by atoms with E-state index in [2.05, 4.69) is 20.1 Å². The Hall–Kier alpha value is -3.27. The van der Waals surface area contributed by atoms with Crippen molar-refractivity contribution in [2.75, 3.05) is 7.11 Å². The van der Waals surface area contributed by atoms with Crippen LogP contribution in [0.4, 0.5) is 13.6 Å². The lowest BCUT2D eigenvalue weighted by Crippen LogP contribution is -2.37. The van der Waals surface area contributed by atoms with Crippen LogP contribution in [0.5, 0.6) is 0 Å². The Morgan fingerprint density at radius 2 is 1.97 bits per heavy atom. The summed E-state index contributed by atoms with van der Waals surface area (Å²) in [6.45, 7) is 0.0625. The molecular formula is C23H23ClF2N4O4. The first-order valence-electron chi connectivity index (χ1n) is 10.7. The smallest absolute Gasteiger partial charge is 0.408 e. The molecule has 1 fully saturated rings. The molecule has 0 radical (unpaired) electrons. The second-order valence-corrected chi connectivity index (χ2v) is 8.59. The minimum Gasteiger partial charge on any atom is -0.464 e. The molecule has 8 nitrogen and oxygen atoms in total. The predicted octanol–water partition coefficient (Wildman–Crippen LogP) is 4.96. The Morgan fingerprint density at radius 1 is 1.26 bits per heavy atom. The number of nitrogens with one attached hydrogen (secondary N) is 1. The van der Waals surface area contributed by atoms with E-state index >= 15 is 0 Å². The van der Waals surface area contributed by atoms with Gasteiger partial charge in [0.2, 0.25) is 5.92 Å². The van der Waals surface area contributed by atoms with Crippen molar-refractivity contribution in [3.8, 4) is 0 Å². The van der Waals surface area contributed by atoms with E-state index in [-0.39, 0.29) is 48.9 Å². The van der Waals surface area contributed by atoms with Crippen molar-refractivity contribution >= 4 is 29.3 Å². The molecule has 2 heterocycles. The van der Waals surface area contributed by atoms with Crippen molar-refractivity contribution < 1.29 is 27.8 Å². The zero-order valence-corrected chi connectivity index (χ0v) is 19.1. The first-order valence-corrected chi connectivity index (χ1v) is 11.1. The number of imidazole rings is 1. The normalized spacial score (nSPS) is 16.7. The number of hydrogen-bond acceptors (Lipinski definition) is 6. The molecular weight excluding hydrogens is 470 g/mol. The quantitative estimate of drug-likeness (QED) is 0.488. The average molecular weight is 493 g/mol. The minimum atomic E-state index is -2.72. The maximum Gasteiger partial charge on any atom is 0.408 e. The van der Waals surface area contributed by atoms with Crippen molar-refractivity contribution in [2.45, 2.75) is 44.3 Å². The molecule has 1 aliphatic rings. The van der Waals surface area contributed by atoms with Crippen LogP contribution >= 0.6 is 11.6 Å². The van der Waals surface area contributed by atoms with Gasteiger partial charge >= 0.3 is 12.1 Å². The van der Waals surface area contributed by atoms with Crippen LogP contribution in [0.3, 0.4) is 0 Å². The number of nitrogens with zero attached hydrogens (tertiary/aromatic N) is 3. The Kier molecular flexibility index (Phi) is 6.97. The zero-order valence-electron chi connectivity index (χ0n) is 18.3. The number of aromatic nitrogens is 3. The monoisotopic (exact) mass is 492 g/mol. The summed E-state index contributed by atoms with van der Waals surface area (Å²) in [5, 5.41) is 7.00. The minimum absolute atomic E-state index is 0.0561. The van der Waals surface area contributed by atoms with Crippen LogP contribution in [-0.2, 0) is 16.1 Å². The summed E-state index contributed by atoms with van der Waals surface area (Å²) < 4.78 is 38.9. The summed E-state index contributed by atoms with van der Waals surface area (Å²) in [5.41, 5.74) is 1.45. The average Bonchev–Trinajstić information content (AvgIpc) is 3.23. The Balaban J connectivity index is 1.59. The fourth-order valence-corrected chi connectivity index (χ4v) is 4.24. The van der Waals surface area contributed by atoms with E-state index in [4.69, 9.17) is 16.3 Å². The highest BCUT2D eigenvalue weighted by Crippen LogP contribution is 2.41. The number of carbonyl (C=O) groups is 2. The summed E-state index contributed by atoms with van der Waals surface area (Å²) in [6, 6.07) is 9.92. The summed E-state index contributed by atoms with van der Waals surface area (Å²) in [7, 11) is 1.21. The molecule has 180 valence electrons. The summed E-state index contributed by atoms with van der Waals surface area (Å²) in [5.74, 6) is -3.72. The molecule has 34 heavy (non-hydrogen) atoms. The maximum absolute atomic E-state index is 13.8. The van der Waals surface area contributed by atoms with Crippen molar-refractivity contribution in [3.05, 3.63) is 64.6 Å². The van der Waals surface area contributed by atoms with Gasteiger partial charge in [0, 0.05) is 18.9 Å². The van der Waals surface area contributed by atoms with Crippen LogP contribution in [0.2, 0.25) is 5.02 Å². The van der Waals surface area contributed by atoms with Crippen molar-refractivity contribution in [2.24, 2.45) is 5.92 Å². The van der Waals surface area contributed by atoms with E-state index in [1.54, 1.807) is 0 Å². The molecule has 0 spiro atoms. The van der Waals surface area contributed by atoms with Gasteiger partial charge in [-0.1, -0.05) is 41.9 Å². The van der Waals surface area contributed by atoms with Gasteiger partial charge in [-0.05, 0) is 24.3 Å². The maximum atomic E-state index is 13.8. The van der Waals surface area contributed by atoms with Gasteiger partial charge in [-0.3, -0.25) is 0 Å². The highest BCUT2D eigenvalue weighted by Gasteiger charge is 2.39. The topological polar surface area (TPSA) is 94.8 Å². The van der Waals surface area contributed by atoms with Gasteiger partial charge < -0.3 is 14.8 Å². The number of amides is 1. The molecule has 0 unspecified atom stereocenters. The molecule has 0 saturated heterocycles. The molecule has 1 amide bonds. The number of alkyl carbamates (subject to hydrolysis) is 1. The van der Waals surface area contributed by atoms with E-state index in [9.17, 15) is 18.4 Å². The van der Waals surface area contributed by atoms with Crippen molar-refractivity contribution in [1.29, 1.82) is 0 Å². The molecule has 0 aliphatic heterocycles. The van der Waals surface area contributed by atoms with E-state index in [1.807, 2.05) is 30.3 Å². The van der Waals surface area contributed by atoms with Gasteiger partial charge in [0.15, 0.2) is 11.3 Å². The number of halogens is 3. The van der Waals surface area contributed by atoms with Gasteiger partial charge in [0.25, 0.3) is 0 Å². The SMILES string of the molecule is COC(=O)c1nn2cc([C@@H](NC(=O)OCc3ccccc3)C3CCC(F)(F)CC3)nc2cc1Cl. The Labute approximate surface area is 199 Å². The number of carbonyl (C=O) groups excluding carboxylic acids is 2. The number of rotatable bonds is 6. The predicted molar refractivity (Wildman–Crippen MR) is 119 cm³/mol. The van der Waals surface area contributed by atoms with Crippen LogP contribution < -0.4 is 5.32 Å². The lowest BCUT2D eigenvalue weighted by atomic mass is 9.81. The third-order valence-electron chi connectivity index (χ3n) is 5.84. The molecule has 2 aromatic heterocycles. The van der Waals surface area contributed by atoms with E-state index < -0.39 is 24.0 Å². The van der Waals surface area contributed by atoms with Crippen molar-refractivity contribution in [1.82, 2.24) is 19.9 Å². The number of ether oxygens (including phenoxy) is 2. The Bertz CT molecular complexity index is 1180. The fourth-order valence-electron chi connectivity index (χ4n) is 4.03.